The molecular weight excluding hydrogens is 180 g/mol. The maximum atomic E-state index is 11.0. The first-order valence-corrected chi connectivity index (χ1v) is 4.74. The Kier molecular flexibility index (Phi) is 1.87. The Labute approximate surface area is 82.4 Å². The van der Waals surface area contributed by atoms with Gasteiger partial charge in [-0.15, -0.1) is 0 Å². The van der Waals surface area contributed by atoms with E-state index in [0.29, 0.717) is 6.42 Å². The summed E-state index contributed by atoms with van der Waals surface area (Å²) in [6.07, 6.45) is 3.13. The summed E-state index contributed by atoms with van der Waals surface area (Å²) in [6, 6.07) is 0. The third-order valence-corrected chi connectivity index (χ3v) is 2.79. The fourth-order valence-corrected chi connectivity index (χ4v) is 2.18. The third kappa shape index (κ3) is 1.41. The number of nitrogens with zero attached hydrogens (tertiary/aromatic N) is 1. The lowest BCUT2D eigenvalue weighted by atomic mass is 9.73. The van der Waals surface area contributed by atoms with Gasteiger partial charge in [0.25, 0.3) is 0 Å². The highest BCUT2D eigenvalue weighted by Gasteiger charge is 2.37. The lowest BCUT2D eigenvalue weighted by Gasteiger charge is -2.32. The van der Waals surface area contributed by atoms with E-state index in [1.54, 1.807) is 6.33 Å². The number of fused-ring (bicyclic) bond motifs is 1. The Bertz CT molecular complexity index is 368. The Hall–Kier alpha value is -1.32. The molecule has 4 heteroatoms. The van der Waals surface area contributed by atoms with Crippen molar-refractivity contribution in [3.05, 3.63) is 17.7 Å². The van der Waals surface area contributed by atoms with Crippen molar-refractivity contribution in [2.24, 2.45) is 5.41 Å². The van der Waals surface area contributed by atoms with Gasteiger partial charge in [-0.2, -0.15) is 0 Å². The summed E-state index contributed by atoms with van der Waals surface area (Å²) < 4.78 is 0. The molecule has 0 saturated heterocycles. The number of nitrogens with one attached hydrogen (secondary N) is 1. The first-order chi connectivity index (χ1) is 6.49. The number of carboxylic acids is 1. The van der Waals surface area contributed by atoms with Crippen LogP contribution < -0.4 is 0 Å². The van der Waals surface area contributed by atoms with E-state index in [1.165, 1.54) is 0 Å². The highest BCUT2D eigenvalue weighted by molar-refractivity contribution is 5.76. The summed E-state index contributed by atoms with van der Waals surface area (Å²) in [5.41, 5.74) is 1.74. The van der Waals surface area contributed by atoms with Crippen LogP contribution in [-0.2, 0) is 11.2 Å². The number of aliphatic carboxylic acids is 1. The zero-order valence-electron chi connectivity index (χ0n) is 8.37. The number of aromatic nitrogens is 2. The van der Waals surface area contributed by atoms with Gasteiger partial charge < -0.3 is 10.1 Å². The molecule has 1 unspecified atom stereocenters. The van der Waals surface area contributed by atoms with Gasteiger partial charge in [0.05, 0.1) is 12.0 Å². The number of imidazole rings is 1. The van der Waals surface area contributed by atoms with Crippen LogP contribution in [0.4, 0.5) is 0 Å². The average Bonchev–Trinajstić information content (AvgIpc) is 2.47. The Balaban J connectivity index is 2.42. The molecule has 1 aromatic heterocycles. The molecular formula is C10H14N2O2. The fourth-order valence-electron chi connectivity index (χ4n) is 2.18. The van der Waals surface area contributed by atoms with Gasteiger partial charge in [-0.25, -0.2) is 4.98 Å². The molecule has 0 aromatic carbocycles. The number of hydrogen-bond donors (Lipinski definition) is 2. The van der Waals surface area contributed by atoms with E-state index >= 15 is 0 Å². The highest BCUT2D eigenvalue weighted by Crippen LogP contribution is 2.40. The molecule has 0 saturated carbocycles. The minimum absolute atomic E-state index is 0.0442. The lowest BCUT2D eigenvalue weighted by Crippen LogP contribution is -2.29. The SMILES string of the molecule is CC1(C)Cc2[nH]cnc2C(C(=O)O)C1. The van der Waals surface area contributed by atoms with Crippen molar-refractivity contribution in [3.8, 4) is 0 Å². The zero-order valence-corrected chi connectivity index (χ0v) is 8.37. The maximum Gasteiger partial charge on any atom is 0.312 e. The molecule has 76 valence electrons. The number of H-pyrrole nitrogens is 1. The maximum absolute atomic E-state index is 11.0. The van der Waals surface area contributed by atoms with Crippen molar-refractivity contribution in [3.63, 3.8) is 0 Å². The normalized spacial score (nSPS) is 24.3. The molecule has 0 radical (unpaired) electrons. The smallest absolute Gasteiger partial charge is 0.312 e. The van der Waals surface area contributed by atoms with E-state index in [0.717, 1.165) is 17.8 Å². The topological polar surface area (TPSA) is 66.0 Å². The second-order valence-corrected chi connectivity index (χ2v) is 4.70. The quantitative estimate of drug-likeness (QED) is 0.712. The monoisotopic (exact) mass is 194 g/mol. The second kappa shape index (κ2) is 2.83. The van der Waals surface area contributed by atoms with E-state index in [9.17, 15) is 4.79 Å². The molecule has 1 aliphatic rings. The number of rotatable bonds is 1. The molecule has 1 heterocycles. The van der Waals surface area contributed by atoms with Crippen LogP contribution >= 0.6 is 0 Å². The van der Waals surface area contributed by atoms with Crippen molar-refractivity contribution >= 4 is 5.97 Å². The number of hydrogen-bond acceptors (Lipinski definition) is 2. The van der Waals surface area contributed by atoms with Crippen molar-refractivity contribution in [1.29, 1.82) is 0 Å². The van der Waals surface area contributed by atoms with E-state index in [4.69, 9.17) is 5.11 Å². The molecule has 0 amide bonds. The molecule has 2 N–H and O–H groups in total. The van der Waals surface area contributed by atoms with Crippen LogP contribution in [-0.4, -0.2) is 21.0 Å². The summed E-state index contributed by atoms with van der Waals surface area (Å²) in [4.78, 5) is 18.2. The summed E-state index contributed by atoms with van der Waals surface area (Å²) in [5, 5.41) is 9.08. The largest absolute Gasteiger partial charge is 0.481 e. The summed E-state index contributed by atoms with van der Waals surface area (Å²) in [5.74, 6) is -1.22. The molecule has 4 nitrogen and oxygen atoms in total. The van der Waals surface area contributed by atoms with Gasteiger partial charge in [-0.05, 0) is 18.3 Å². The third-order valence-electron chi connectivity index (χ3n) is 2.79. The predicted molar refractivity (Wildman–Crippen MR) is 51.1 cm³/mol. The van der Waals surface area contributed by atoms with Crippen molar-refractivity contribution in [2.45, 2.75) is 32.6 Å². The number of aromatic amines is 1. The molecule has 0 fully saturated rings. The van der Waals surface area contributed by atoms with Crippen molar-refractivity contribution in [2.75, 3.05) is 0 Å². The fraction of sp³-hybridized carbons (Fsp3) is 0.600. The van der Waals surface area contributed by atoms with Gasteiger partial charge in [0.1, 0.15) is 5.92 Å². The lowest BCUT2D eigenvalue weighted by molar-refractivity contribution is -0.140. The summed E-state index contributed by atoms with van der Waals surface area (Å²) in [6.45, 7) is 4.18. The zero-order chi connectivity index (χ0) is 10.3. The summed E-state index contributed by atoms with van der Waals surface area (Å²) in [7, 11) is 0. The van der Waals surface area contributed by atoms with Crippen LogP contribution in [0.5, 0.6) is 0 Å². The van der Waals surface area contributed by atoms with Gasteiger partial charge in [-0.3, -0.25) is 4.79 Å². The highest BCUT2D eigenvalue weighted by atomic mass is 16.4. The first-order valence-electron chi connectivity index (χ1n) is 4.74. The molecule has 2 rings (SSSR count). The van der Waals surface area contributed by atoms with Crippen LogP contribution in [0.1, 0.15) is 37.6 Å². The van der Waals surface area contributed by atoms with Crippen LogP contribution in [0.2, 0.25) is 0 Å². The molecule has 1 aliphatic carbocycles. The van der Waals surface area contributed by atoms with Gasteiger partial charge in [-0.1, -0.05) is 13.8 Å². The van der Waals surface area contributed by atoms with Crippen LogP contribution in [0, 0.1) is 5.41 Å². The molecule has 1 aromatic rings. The molecule has 0 bridgehead atoms. The standard InChI is InChI=1S/C10H14N2O2/c1-10(2)3-6(9(13)14)8-7(4-10)11-5-12-8/h5-6H,3-4H2,1-2H3,(H,11,12)(H,13,14). The molecule has 0 spiro atoms. The van der Waals surface area contributed by atoms with E-state index in [-0.39, 0.29) is 5.41 Å². The Morgan fingerprint density at radius 1 is 1.71 bits per heavy atom. The Morgan fingerprint density at radius 2 is 2.43 bits per heavy atom. The van der Waals surface area contributed by atoms with Gasteiger partial charge in [0, 0.05) is 5.69 Å². The second-order valence-electron chi connectivity index (χ2n) is 4.70. The average molecular weight is 194 g/mol. The van der Waals surface area contributed by atoms with Crippen molar-refractivity contribution in [1.82, 2.24) is 9.97 Å². The number of carbonyl (C=O) groups is 1. The van der Waals surface area contributed by atoms with E-state index in [1.807, 2.05) is 0 Å². The predicted octanol–water partition coefficient (Wildman–Crippen LogP) is 1.55. The minimum atomic E-state index is -0.772. The van der Waals surface area contributed by atoms with Crippen LogP contribution in [0.15, 0.2) is 6.33 Å². The number of carboxylic acid groups (broad SMARTS) is 1. The molecule has 1 atom stereocenters. The minimum Gasteiger partial charge on any atom is -0.481 e. The summed E-state index contributed by atoms with van der Waals surface area (Å²) >= 11 is 0. The van der Waals surface area contributed by atoms with E-state index < -0.39 is 11.9 Å². The van der Waals surface area contributed by atoms with Gasteiger partial charge in [0.2, 0.25) is 0 Å². The van der Waals surface area contributed by atoms with E-state index in [2.05, 4.69) is 23.8 Å². The molecule has 14 heavy (non-hydrogen) atoms. The van der Waals surface area contributed by atoms with Crippen LogP contribution in [0.3, 0.4) is 0 Å². The van der Waals surface area contributed by atoms with Crippen LogP contribution in [0.25, 0.3) is 0 Å². The van der Waals surface area contributed by atoms with Crippen molar-refractivity contribution < 1.29 is 9.90 Å². The Morgan fingerprint density at radius 3 is 3.07 bits per heavy atom. The first kappa shape index (κ1) is 9.24. The van der Waals surface area contributed by atoms with Gasteiger partial charge in [0.15, 0.2) is 0 Å². The van der Waals surface area contributed by atoms with Gasteiger partial charge >= 0.3 is 5.97 Å². The molecule has 0 aliphatic heterocycles.